The number of hydrogen-bond acceptors (Lipinski definition) is 4. The second-order valence-electron chi connectivity index (χ2n) is 4.47. The minimum Gasteiger partial charge on any atom is -0.467 e. The molecule has 1 aliphatic rings. The van der Waals surface area contributed by atoms with Gasteiger partial charge in [-0.25, -0.2) is 4.68 Å². The topological polar surface area (TPSA) is 66.8 Å². The van der Waals surface area contributed by atoms with Crippen molar-refractivity contribution in [3.63, 3.8) is 0 Å². The van der Waals surface area contributed by atoms with Crippen molar-refractivity contribution in [2.24, 2.45) is 0 Å². The van der Waals surface area contributed by atoms with E-state index in [4.69, 9.17) is 9.68 Å². The normalized spacial score (nSPS) is 21.9. The number of fused-ring (bicyclic) bond motifs is 1. The van der Waals surface area contributed by atoms with E-state index in [1.165, 1.54) is 6.26 Å². The highest BCUT2D eigenvalue weighted by Gasteiger charge is 2.47. The molecule has 1 aliphatic heterocycles. The summed E-state index contributed by atoms with van der Waals surface area (Å²) in [5.41, 5.74) is 0.0792. The van der Waals surface area contributed by atoms with Crippen LogP contribution in [0.25, 0.3) is 0 Å². The second-order valence-corrected chi connectivity index (χ2v) is 4.47. The first-order chi connectivity index (χ1) is 9.50. The third-order valence-corrected chi connectivity index (χ3v) is 3.25. The summed E-state index contributed by atoms with van der Waals surface area (Å²) < 4.78 is 45.4. The molecule has 8 heteroatoms. The first-order valence-corrected chi connectivity index (χ1v) is 5.85. The monoisotopic (exact) mass is 282 g/mol. The van der Waals surface area contributed by atoms with Crippen LogP contribution in [0.5, 0.6) is 0 Å². The van der Waals surface area contributed by atoms with E-state index in [9.17, 15) is 13.2 Å². The van der Waals surface area contributed by atoms with Gasteiger partial charge < -0.3 is 9.73 Å². The average Bonchev–Trinajstić information content (AvgIpc) is 3.05. The Bertz CT molecular complexity index is 653. The van der Waals surface area contributed by atoms with Crippen LogP contribution < -0.4 is 5.32 Å². The summed E-state index contributed by atoms with van der Waals surface area (Å²) in [6.45, 7) is 0. The van der Waals surface area contributed by atoms with Crippen molar-refractivity contribution < 1.29 is 17.6 Å². The van der Waals surface area contributed by atoms with Gasteiger partial charge in [0.1, 0.15) is 23.2 Å². The molecule has 1 N–H and O–H groups in total. The molecule has 0 aromatic carbocycles. The first kappa shape index (κ1) is 12.6. The van der Waals surface area contributed by atoms with Gasteiger partial charge in [-0.2, -0.15) is 23.5 Å². The molecule has 5 nitrogen and oxygen atoms in total. The van der Waals surface area contributed by atoms with Gasteiger partial charge in [0.2, 0.25) is 0 Å². The fourth-order valence-corrected chi connectivity index (χ4v) is 2.32. The lowest BCUT2D eigenvalue weighted by Crippen LogP contribution is -2.35. The number of nitriles is 1. The molecule has 2 unspecified atom stereocenters. The number of nitrogens with zero attached hydrogens (tertiary/aromatic N) is 3. The fourth-order valence-electron chi connectivity index (χ4n) is 2.32. The molecular weight excluding hydrogens is 273 g/mol. The van der Waals surface area contributed by atoms with Crippen LogP contribution >= 0.6 is 0 Å². The molecule has 0 radical (unpaired) electrons. The third-order valence-electron chi connectivity index (χ3n) is 3.25. The molecule has 0 amide bonds. The summed E-state index contributed by atoms with van der Waals surface area (Å²) in [5, 5.41) is 15.5. The van der Waals surface area contributed by atoms with Crippen LogP contribution in [0.3, 0.4) is 0 Å². The number of rotatable bonds is 1. The molecule has 3 rings (SSSR count). The van der Waals surface area contributed by atoms with Gasteiger partial charge in [-0.15, -0.1) is 0 Å². The maximum Gasteiger partial charge on any atom is 0.410 e. The zero-order chi connectivity index (χ0) is 14.3. The maximum atomic E-state index is 13.1. The summed E-state index contributed by atoms with van der Waals surface area (Å²) in [7, 11) is 0. The first-order valence-electron chi connectivity index (χ1n) is 5.85. The minimum absolute atomic E-state index is 0.0717. The van der Waals surface area contributed by atoms with Gasteiger partial charge >= 0.3 is 6.18 Å². The van der Waals surface area contributed by atoms with E-state index in [0.717, 1.165) is 10.9 Å². The van der Waals surface area contributed by atoms with Crippen LogP contribution in [0, 0.1) is 11.3 Å². The van der Waals surface area contributed by atoms with E-state index in [1.54, 1.807) is 12.1 Å². The Hall–Kier alpha value is -2.43. The molecule has 0 bridgehead atoms. The minimum atomic E-state index is -4.44. The second kappa shape index (κ2) is 4.30. The summed E-state index contributed by atoms with van der Waals surface area (Å²) >= 11 is 0. The molecule has 2 aromatic rings. The van der Waals surface area contributed by atoms with Crippen LogP contribution in [0.15, 0.2) is 29.0 Å². The predicted molar refractivity (Wildman–Crippen MR) is 61.7 cm³/mol. The lowest BCUT2D eigenvalue weighted by Gasteiger charge is -2.32. The van der Waals surface area contributed by atoms with E-state index < -0.39 is 18.3 Å². The van der Waals surface area contributed by atoms with Gasteiger partial charge in [-0.05, 0) is 12.1 Å². The molecule has 0 saturated carbocycles. The van der Waals surface area contributed by atoms with Crippen LogP contribution in [-0.2, 0) is 0 Å². The molecular formula is C12H9F3N4O. The van der Waals surface area contributed by atoms with Crippen molar-refractivity contribution in [3.05, 3.63) is 35.9 Å². The highest BCUT2D eigenvalue weighted by atomic mass is 19.4. The van der Waals surface area contributed by atoms with E-state index in [2.05, 4.69) is 10.4 Å². The van der Waals surface area contributed by atoms with Gasteiger partial charge in [0, 0.05) is 6.42 Å². The number of nitrogens with one attached hydrogen (secondary N) is 1. The van der Waals surface area contributed by atoms with Gasteiger partial charge in [0.25, 0.3) is 0 Å². The quantitative estimate of drug-likeness (QED) is 0.873. The molecule has 0 spiro atoms. The molecule has 0 saturated heterocycles. The number of furan rings is 1. The van der Waals surface area contributed by atoms with Crippen molar-refractivity contribution in [1.29, 1.82) is 5.26 Å². The molecule has 2 aromatic heterocycles. The number of aromatic nitrogens is 2. The maximum absolute atomic E-state index is 13.1. The summed E-state index contributed by atoms with van der Waals surface area (Å²) in [6.07, 6.45) is -2.15. The lowest BCUT2D eigenvalue weighted by molar-refractivity contribution is -0.174. The zero-order valence-electron chi connectivity index (χ0n) is 10.1. The van der Waals surface area contributed by atoms with Crippen LogP contribution in [0.4, 0.5) is 19.0 Å². The molecule has 20 heavy (non-hydrogen) atoms. The Balaban J connectivity index is 2.06. The van der Waals surface area contributed by atoms with Gasteiger partial charge in [-0.3, -0.25) is 0 Å². The van der Waals surface area contributed by atoms with E-state index in [1.807, 2.05) is 6.07 Å². The van der Waals surface area contributed by atoms with E-state index in [-0.39, 0.29) is 17.8 Å². The SMILES string of the molecule is N#Cc1cnn2c1NC(c1ccco1)CC2C(F)(F)F. The van der Waals surface area contributed by atoms with Crippen LogP contribution in [0.2, 0.25) is 0 Å². The third kappa shape index (κ3) is 1.91. The highest BCUT2D eigenvalue weighted by molar-refractivity contribution is 5.54. The van der Waals surface area contributed by atoms with Crippen molar-refractivity contribution >= 4 is 5.82 Å². The van der Waals surface area contributed by atoms with Crippen molar-refractivity contribution in [1.82, 2.24) is 9.78 Å². The highest BCUT2D eigenvalue weighted by Crippen LogP contribution is 2.44. The summed E-state index contributed by atoms with van der Waals surface area (Å²) in [5.74, 6) is 0.470. The molecule has 104 valence electrons. The lowest BCUT2D eigenvalue weighted by atomic mass is 10.0. The standard InChI is InChI=1S/C12H9F3N4O/c13-12(14,15)10-4-8(9-2-1-3-20-9)18-11-7(5-16)6-17-19(10)11/h1-3,6,8,10,18H,4H2. The Morgan fingerprint density at radius 1 is 1.50 bits per heavy atom. The Labute approximate surface area is 111 Å². The largest absolute Gasteiger partial charge is 0.467 e. The molecule has 2 atom stereocenters. The van der Waals surface area contributed by atoms with Crippen molar-refractivity contribution in [2.45, 2.75) is 24.7 Å². The Morgan fingerprint density at radius 3 is 2.90 bits per heavy atom. The Kier molecular flexibility index (Phi) is 2.71. The zero-order valence-corrected chi connectivity index (χ0v) is 10.1. The van der Waals surface area contributed by atoms with Crippen LogP contribution in [-0.4, -0.2) is 16.0 Å². The number of halogens is 3. The number of anilines is 1. The van der Waals surface area contributed by atoms with Gasteiger partial charge in [-0.1, -0.05) is 0 Å². The molecule has 0 aliphatic carbocycles. The Morgan fingerprint density at radius 2 is 2.30 bits per heavy atom. The van der Waals surface area contributed by atoms with Crippen molar-refractivity contribution in [3.8, 4) is 6.07 Å². The van der Waals surface area contributed by atoms with Gasteiger partial charge in [0.05, 0.1) is 18.5 Å². The fraction of sp³-hybridized carbons (Fsp3) is 0.333. The summed E-state index contributed by atoms with van der Waals surface area (Å²) in [6, 6.07) is 2.61. The van der Waals surface area contributed by atoms with E-state index in [0.29, 0.717) is 5.76 Å². The average molecular weight is 282 g/mol. The predicted octanol–water partition coefficient (Wildman–Crippen LogP) is 3.01. The van der Waals surface area contributed by atoms with Crippen molar-refractivity contribution in [2.75, 3.05) is 5.32 Å². The van der Waals surface area contributed by atoms with E-state index >= 15 is 0 Å². The molecule has 3 heterocycles. The number of alkyl halides is 3. The molecule has 0 fully saturated rings. The van der Waals surface area contributed by atoms with Gasteiger partial charge in [0.15, 0.2) is 6.04 Å². The number of hydrogen-bond donors (Lipinski definition) is 1. The van der Waals surface area contributed by atoms with Crippen LogP contribution in [0.1, 0.15) is 29.8 Å². The smallest absolute Gasteiger partial charge is 0.410 e. The summed E-state index contributed by atoms with van der Waals surface area (Å²) in [4.78, 5) is 0.